The first-order chi connectivity index (χ1) is 7.54. The Labute approximate surface area is 104 Å². The van der Waals surface area contributed by atoms with E-state index in [1.165, 1.54) is 12.1 Å². The number of benzene rings is 1. The van der Waals surface area contributed by atoms with Crippen molar-refractivity contribution in [3.05, 3.63) is 33.8 Å². The summed E-state index contributed by atoms with van der Waals surface area (Å²) in [5, 5.41) is 2.93. The van der Waals surface area contributed by atoms with Crippen molar-refractivity contribution in [1.29, 1.82) is 0 Å². The Kier molecular flexibility index (Phi) is 4.77. The molecule has 0 aliphatic heterocycles. The third-order valence-corrected chi connectivity index (χ3v) is 2.45. The molecular weight excluding hydrogens is 249 g/mol. The van der Waals surface area contributed by atoms with Crippen molar-refractivity contribution in [3.8, 4) is 0 Å². The van der Waals surface area contributed by atoms with Crippen LogP contribution < -0.4 is 5.32 Å². The molecule has 0 atom stereocenters. The molecule has 0 aliphatic carbocycles. The Morgan fingerprint density at radius 2 is 2.00 bits per heavy atom. The fourth-order valence-corrected chi connectivity index (χ4v) is 1.65. The van der Waals surface area contributed by atoms with Crippen molar-refractivity contribution in [2.75, 3.05) is 0 Å². The summed E-state index contributed by atoms with van der Waals surface area (Å²) in [4.78, 5) is 22.8. The van der Waals surface area contributed by atoms with E-state index in [1.54, 1.807) is 6.07 Å². The first-order valence-electron chi connectivity index (χ1n) is 4.83. The van der Waals surface area contributed by atoms with Gasteiger partial charge in [-0.2, -0.15) is 0 Å². The lowest BCUT2D eigenvalue weighted by Gasteiger charge is -2.05. The van der Waals surface area contributed by atoms with E-state index in [4.69, 9.17) is 23.2 Å². The summed E-state index contributed by atoms with van der Waals surface area (Å²) in [6, 6.07) is 4.49. The van der Waals surface area contributed by atoms with E-state index in [0.717, 1.165) is 0 Å². The molecule has 1 aromatic rings. The molecule has 0 aliphatic rings. The number of carbonyl (C=O) groups is 2. The van der Waals surface area contributed by atoms with Crippen LogP contribution >= 0.6 is 23.2 Å². The van der Waals surface area contributed by atoms with E-state index in [2.05, 4.69) is 5.32 Å². The van der Waals surface area contributed by atoms with Crippen LogP contribution in [0.25, 0.3) is 0 Å². The van der Waals surface area contributed by atoms with Crippen molar-refractivity contribution in [1.82, 2.24) is 5.32 Å². The first kappa shape index (κ1) is 13.0. The molecule has 0 radical (unpaired) electrons. The van der Waals surface area contributed by atoms with Crippen LogP contribution in [-0.2, 0) is 4.79 Å². The van der Waals surface area contributed by atoms with E-state index >= 15 is 0 Å². The van der Waals surface area contributed by atoms with Gasteiger partial charge >= 0.3 is 0 Å². The maximum Gasteiger partial charge on any atom is 0.259 e. The van der Waals surface area contributed by atoms with E-state index in [1.807, 2.05) is 6.92 Å². The third kappa shape index (κ3) is 3.51. The van der Waals surface area contributed by atoms with Crippen LogP contribution in [0.1, 0.15) is 30.1 Å². The average molecular weight is 260 g/mol. The van der Waals surface area contributed by atoms with Crippen molar-refractivity contribution >= 4 is 35.0 Å². The van der Waals surface area contributed by atoms with Crippen LogP contribution in [0.4, 0.5) is 0 Å². The van der Waals surface area contributed by atoms with Crippen LogP contribution in [0.5, 0.6) is 0 Å². The Morgan fingerprint density at radius 1 is 1.31 bits per heavy atom. The second kappa shape index (κ2) is 5.87. The Balaban J connectivity index is 2.77. The normalized spacial score (nSPS) is 9.94. The molecule has 86 valence electrons. The highest BCUT2D eigenvalue weighted by Gasteiger charge is 2.13. The second-order valence-electron chi connectivity index (χ2n) is 3.25. The third-order valence-electron chi connectivity index (χ3n) is 1.91. The molecule has 0 unspecified atom stereocenters. The van der Waals surface area contributed by atoms with E-state index in [9.17, 15) is 9.59 Å². The molecule has 0 bridgehead atoms. The van der Waals surface area contributed by atoms with Gasteiger partial charge in [-0.1, -0.05) is 30.1 Å². The minimum absolute atomic E-state index is 0.231. The fourth-order valence-electron chi connectivity index (χ4n) is 1.16. The number of carbonyl (C=O) groups excluding carboxylic acids is 2. The molecule has 2 amide bonds. The van der Waals surface area contributed by atoms with Crippen molar-refractivity contribution in [2.24, 2.45) is 0 Å². The fraction of sp³-hybridized carbons (Fsp3) is 0.273. The zero-order valence-electron chi connectivity index (χ0n) is 8.72. The molecular formula is C11H11Cl2NO2. The number of nitrogens with one attached hydrogen (secondary N) is 1. The van der Waals surface area contributed by atoms with Gasteiger partial charge in [-0.3, -0.25) is 14.9 Å². The summed E-state index contributed by atoms with van der Waals surface area (Å²) < 4.78 is 0. The molecule has 5 heteroatoms. The average Bonchev–Trinajstić information content (AvgIpc) is 2.17. The quantitative estimate of drug-likeness (QED) is 0.907. The molecule has 1 rings (SSSR count). The summed E-state index contributed by atoms with van der Waals surface area (Å²) in [7, 11) is 0. The van der Waals surface area contributed by atoms with Crippen molar-refractivity contribution < 1.29 is 9.59 Å². The van der Waals surface area contributed by atoms with Crippen molar-refractivity contribution in [2.45, 2.75) is 19.8 Å². The minimum Gasteiger partial charge on any atom is -0.292 e. The largest absolute Gasteiger partial charge is 0.292 e. The lowest BCUT2D eigenvalue weighted by Crippen LogP contribution is -2.30. The van der Waals surface area contributed by atoms with Crippen LogP contribution in [0, 0.1) is 0 Å². The smallest absolute Gasteiger partial charge is 0.259 e. The summed E-state index contributed by atoms with van der Waals surface area (Å²) in [5.41, 5.74) is 0.246. The molecule has 1 N–H and O–H groups in total. The van der Waals surface area contributed by atoms with E-state index in [-0.39, 0.29) is 16.5 Å². The number of hydrogen-bond donors (Lipinski definition) is 1. The van der Waals surface area contributed by atoms with Crippen LogP contribution in [0.15, 0.2) is 18.2 Å². The highest BCUT2D eigenvalue weighted by molar-refractivity contribution is 6.37. The summed E-state index contributed by atoms with van der Waals surface area (Å²) in [6.07, 6.45) is 1.00. The molecule has 0 heterocycles. The SMILES string of the molecule is CCCC(=O)NC(=O)c1ccc(Cl)cc1Cl. The van der Waals surface area contributed by atoms with E-state index < -0.39 is 5.91 Å². The Bertz CT molecular complexity index is 418. The van der Waals surface area contributed by atoms with Gasteiger partial charge < -0.3 is 0 Å². The predicted molar refractivity (Wildman–Crippen MR) is 63.8 cm³/mol. The molecule has 1 aromatic carbocycles. The highest BCUT2D eigenvalue weighted by Crippen LogP contribution is 2.20. The van der Waals surface area contributed by atoms with Crippen molar-refractivity contribution in [3.63, 3.8) is 0 Å². The maximum absolute atomic E-state index is 11.6. The number of imide groups is 1. The lowest BCUT2D eigenvalue weighted by molar-refractivity contribution is -0.120. The van der Waals surface area contributed by atoms with Gasteiger partial charge in [0.2, 0.25) is 5.91 Å². The molecule has 3 nitrogen and oxygen atoms in total. The molecule has 0 saturated carbocycles. The highest BCUT2D eigenvalue weighted by atomic mass is 35.5. The Morgan fingerprint density at radius 3 is 2.56 bits per heavy atom. The zero-order chi connectivity index (χ0) is 12.1. The zero-order valence-corrected chi connectivity index (χ0v) is 10.2. The summed E-state index contributed by atoms with van der Waals surface area (Å²) in [5.74, 6) is -0.807. The number of rotatable bonds is 3. The summed E-state index contributed by atoms with van der Waals surface area (Å²) >= 11 is 11.5. The maximum atomic E-state index is 11.6. The van der Waals surface area contributed by atoms with Gasteiger partial charge in [0.25, 0.3) is 5.91 Å². The minimum atomic E-state index is -0.500. The number of hydrogen-bond acceptors (Lipinski definition) is 2. The standard InChI is InChI=1S/C11H11Cl2NO2/c1-2-3-10(15)14-11(16)8-5-4-7(12)6-9(8)13/h4-6H,2-3H2,1H3,(H,14,15,16). The molecule has 0 saturated heterocycles. The monoisotopic (exact) mass is 259 g/mol. The van der Waals surface area contributed by atoms with Crippen LogP contribution in [0.2, 0.25) is 10.0 Å². The van der Waals surface area contributed by atoms with Gasteiger partial charge in [0, 0.05) is 11.4 Å². The molecule has 16 heavy (non-hydrogen) atoms. The molecule has 0 aromatic heterocycles. The first-order valence-corrected chi connectivity index (χ1v) is 5.59. The van der Waals surface area contributed by atoms with Gasteiger partial charge in [-0.15, -0.1) is 0 Å². The lowest BCUT2D eigenvalue weighted by atomic mass is 10.2. The van der Waals surface area contributed by atoms with Gasteiger partial charge in [0.05, 0.1) is 10.6 Å². The Hall–Kier alpha value is -1.06. The summed E-state index contributed by atoms with van der Waals surface area (Å²) in [6.45, 7) is 1.86. The molecule has 0 spiro atoms. The number of amides is 2. The van der Waals surface area contributed by atoms with Crippen LogP contribution in [-0.4, -0.2) is 11.8 Å². The van der Waals surface area contributed by atoms with E-state index in [0.29, 0.717) is 17.9 Å². The topological polar surface area (TPSA) is 46.2 Å². The van der Waals surface area contributed by atoms with Gasteiger partial charge in [-0.05, 0) is 24.6 Å². The second-order valence-corrected chi connectivity index (χ2v) is 4.10. The van der Waals surface area contributed by atoms with Crippen LogP contribution in [0.3, 0.4) is 0 Å². The van der Waals surface area contributed by atoms with Gasteiger partial charge in [0.15, 0.2) is 0 Å². The van der Waals surface area contributed by atoms with Gasteiger partial charge in [-0.25, -0.2) is 0 Å². The number of halogens is 2. The van der Waals surface area contributed by atoms with Gasteiger partial charge in [0.1, 0.15) is 0 Å². The molecule has 0 fully saturated rings. The predicted octanol–water partition coefficient (Wildman–Crippen LogP) is 3.05.